The van der Waals surface area contributed by atoms with Crippen LogP contribution in [0.2, 0.25) is 0 Å². The van der Waals surface area contributed by atoms with E-state index in [0.717, 1.165) is 30.6 Å². The Kier molecular flexibility index (Phi) is 15.8. The number of hydrogen-bond donors (Lipinski definition) is 1. The molecule has 1 aliphatic rings. The lowest BCUT2D eigenvalue weighted by Gasteiger charge is -2.26. The fourth-order valence-electron chi connectivity index (χ4n) is 4.18. The number of likely N-dealkylation sites (tertiary alicyclic amines) is 1. The predicted octanol–water partition coefficient (Wildman–Crippen LogP) is 6.45. The van der Waals surface area contributed by atoms with E-state index in [1.54, 1.807) is 19.1 Å². The van der Waals surface area contributed by atoms with Gasteiger partial charge in [-0.25, -0.2) is 0 Å². The van der Waals surface area contributed by atoms with E-state index in [4.69, 9.17) is 13.8 Å². The molecule has 0 radical (unpaired) electrons. The van der Waals surface area contributed by atoms with Crippen molar-refractivity contribution in [3.05, 3.63) is 34.7 Å². The number of fused-ring (bicyclic) bond motifs is 1. The molecule has 2 amide bonds. The van der Waals surface area contributed by atoms with Gasteiger partial charge in [0.05, 0.1) is 18.1 Å². The van der Waals surface area contributed by atoms with Crippen molar-refractivity contribution in [2.45, 2.75) is 65.1 Å². The topological polar surface area (TPSA) is 111 Å². The third-order valence-electron chi connectivity index (χ3n) is 6.08. The van der Waals surface area contributed by atoms with Gasteiger partial charge in [0, 0.05) is 37.6 Å². The number of amides is 2. The fraction of sp³-hybridized carbons (Fsp3) is 0.607. The number of rotatable bonds is 12. The highest BCUT2D eigenvalue weighted by Gasteiger charge is 2.54. The van der Waals surface area contributed by atoms with E-state index in [2.05, 4.69) is 23.9 Å². The van der Waals surface area contributed by atoms with Crippen molar-refractivity contribution < 1.29 is 41.5 Å². The molecule has 0 saturated carbocycles. The van der Waals surface area contributed by atoms with Gasteiger partial charge in [0.15, 0.2) is 0 Å². The van der Waals surface area contributed by atoms with Crippen molar-refractivity contribution in [1.82, 2.24) is 10.2 Å². The van der Waals surface area contributed by atoms with Crippen molar-refractivity contribution in [1.29, 1.82) is 0 Å². The number of thiophene rings is 1. The number of carbonyl (C=O) groups excluding carboxylic acids is 3. The lowest BCUT2D eigenvalue weighted by Crippen LogP contribution is -2.47. The average molecular weight is 621 g/mol. The number of nitrogens with zero attached hydrogens (tertiary/aromatic N) is 1. The van der Waals surface area contributed by atoms with Crippen molar-refractivity contribution in [2.24, 2.45) is 5.92 Å². The zero-order valence-electron chi connectivity index (χ0n) is 24.7. The highest BCUT2D eigenvalue weighted by atomic mass is 32.1. The number of benzene rings is 1. The fourth-order valence-corrected chi connectivity index (χ4v) is 6.66. The minimum atomic E-state index is -4.74. The molecule has 0 bridgehead atoms. The first kappa shape index (κ1) is 36.8. The van der Waals surface area contributed by atoms with Gasteiger partial charge in [0.1, 0.15) is 12.8 Å². The van der Waals surface area contributed by atoms with E-state index in [1.807, 2.05) is 6.79 Å². The highest BCUT2D eigenvalue weighted by Crippen LogP contribution is 2.66. The number of nitrogens with one attached hydrogen (secondary N) is 1. The molecule has 1 atom stereocenters. The predicted molar refractivity (Wildman–Crippen MR) is 158 cm³/mol. The summed E-state index contributed by atoms with van der Waals surface area (Å²) in [5.74, 6) is -0.114. The van der Waals surface area contributed by atoms with Crippen molar-refractivity contribution in [2.75, 3.05) is 40.5 Å². The van der Waals surface area contributed by atoms with Gasteiger partial charge >= 0.3 is 13.3 Å². The van der Waals surface area contributed by atoms with Gasteiger partial charge in [-0.15, -0.1) is 11.3 Å². The van der Waals surface area contributed by atoms with E-state index in [0.29, 0.717) is 40.4 Å². The molecule has 1 aromatic heterocycles. The highest BCUT2D eigenvalue weighted by molar-refractivity contribution is 7.54. The molecule has 9 nitrogen and oxygen atoms in total. The van der Waals surface area contributed by atoms with Crippen LogP contribution in [0.5, 0.6) is 0 Å². The Morgan fingerprint density at radius 1 is 1.07 bits per heavy atom. The number of halogens is 2. The lowest BCUT2D eigenvalue weighted by molar-refractivity contribution is -0.132. The van der Waals surface area contributed by atoms with Gasteiger partial charge < -0.3 is 28.8 Å². The first-order chi connectivity index (χ1) is 19.4. The molecular formula is C28H43F2N2O7PS. The minimum Gasteiger partial charge on any atom is -0.388 e. The number of ether oxygens (including phenoxy) is 1. The maximum atomic E-state index is 15.2. The third-order valence-corrected chi connectivity index (χ3v) is 9.34. The third kappa shape index (κ3) is 9.92. The molecule has 1 saturated heterocycles. The first-order valence-electron chi connectivity index (χ1n) is 13.5. The summed E-state index contributed by atoms with van der Waals surface area (Å²) >= 11 is 1.15. The summed E-state index contributed by atoms with van der Waals surface area (Å²) in [6.07, 6.45) is 3.23. The minimum absolute atomic E-state index is 0.0767. The van der Waals surface area contributed by atoms with Crippen LogP contribution in [0.3, 0.4) is 0 Å². The van der Waals surface area contributed by atoms with Gasteiger partial charge in [0.25, 0.3) is 5.91 Å². The zero-order valence-corrected chi connectivity index (χ0v) is 26.5. The van der Waals surface area contributed by atoms with Crippen LogP contribution in [0.4, 0.5) is 8.78 Å². The Balaban J connectivity index is 0.00000157. The second-order valence-electron chi connectivity index (χ2n) is 9.68. The van der Waals surface area contributed by atoms with Crippen LogP contribution < -0.4 is 5.32 Å². The SMILES string of the molecule is C=O.CCOP(=O)(OCC)C(F)(F)c1ccc2sc(C(=O)N[C@@H](CCC(C)C)C(=O)N3CCCC3)cc2c1.COC. The van der Waals surface area contributed by atoms with Crippen molar-refractivity contribution in [3.8, 4) is 0 Å². The molecule has 1 aromatic carbocycles. The van der Waals surface area contributed by atoms with Gasteiger partial charge in [-0.1, -0.05) is 19.9 Å². The molecule has 232 valence electrons. The largest absolute Gasteiger partial charge is 0.404 e. The van der Waals surface area contributed by atoms with Gasteiger partial charge in [-0.2, -0.15) is 8.78 Å². The summed E-state index contributed by atoms with van der Waals surface area (Å²) in [5, 5.41) is 3.29. The van der Waals surface area contributed by atoms with Crippen LogP contribution >= 0.6 is 18.9 Å². The summed E-state index contributed by atoms with van der Waals surface area (Å²) < 4.78 is 57.8. The van der Waals surface area contributed by atoms with Crippen LogP contribution in [0, 0.1) is 5.92 Å². The normalized spacial score (nSPS) is 14.2. The summed E-state index contributed by atoms with van der Waals surface area (Å²) in [4.78, 5) is 36.2. The van der Waals surface area contributed by atoms with Crippen LogP contribution in [0.25, 0.3) is 10.1 Å². The van der Waals surface area contributed by atoms with Crippen LogP contribution in [0.1, 0.15) is 68.6 Å². The second-order valence-corrected chi connectivity index (χ2v) is 12.8. The number of methoxy groups -OCH3 is 1. The monoisotopic (exact) mass is 620 g/mol. The van der Waals surface area contributed by atoms with Crippen molar-refractivity contribution in [3.63, 3.8) is 0 Å². The van der Waals surface area contributed by atoms with Crippen LogP contribution in [-0.2, 0) is 33.6 Å². The Labute approximate surface area is 245 Å². The Hall–Kier alpha value is -2.24. The molecule has 41 heavy (non-hydrogen) atoms. The summed E-state index contributed by atoms with van der Waals surface area (Å²) in [5.41, 5.74) is -4.37. The van der Waals surface area contributed by atoms with Crippen LogP contribution in [-0.4, -0.2) is 70.1 Å². The molecule has 0 spiro atoms. The average Bonchev–Trinajstić information content (AvgIpc) is 3.62. The number of alkyl halides is 2. The molecule has 1 fully saturated rings. The first-order valence-corrected chi connectivity index (χ1v) is 15.9. The van der Waals surface area contributed by atoms with Gasteiger partial charge in [-0.3, -0.25) is 14.2 Å². The molecule has 2 heterocycles. The van der Waals surface area contributed by atoms with Crippen molar-refractivity contribution >= 4 is 47.6 Å². The zero-order chi connectivity index (χ0) is 31.2. The molecule has 1 N–H and O–H groups in total. The molecule has 3 rings (SSSR count). The standard InChI is InChI=1S/C25H35F2N2O5PS.C2H6O.CH2O/c1-5-33-35(32,34-6-2)25(26,27)19-10-12-21-18(15-19)16-22(36-21)23(30)28-20(11-9-17(3)4)24(31)29-13-7-8-14-29;1-3-2;1-2/h10,12,15-17,20H,5-9,11,13-14H2,1-4H3,(H,28,30);1-2H3;1H2/t20-;;/m0../s1. The number of hydrogen-bond acceptors (Lipinski definition) is 8. The smallest absolute Gasteiger partial charge is 0.388 e. The van der Waals surface area contributed by atoms with E-state index < -0.39 is 30.8 Å². The summed E-state index contributed by atoms with van der Waals surface area (Å²) in [6.45, 7) is 10.1. The maximum absolute atomic E-state index is 15.2. The van der Waals surface area contributed by atoms with Crippen LogP contribution in [0.15, 0.2) is 24.3 Å². The van der Waals surface area contributed by atoms with E-state index in [-0.39, 0.29) is 19.1 Å². The quantitative estimate of drug-likeness (QED) is 0.272. The molecule has 1 aliphatic heterocycles. The molecular weight excluding hydrogens is 577 g/mol. The van der Waals surface area contributed by atoms with Gasteiger partial charge in [0.2, 0.25) is 5.91 Å². The Bertz CT molecular complexity index is 1150. The number of carbonyl (C=O) groups is 3. The Morgan fingerprint density at radius 2 is 1.63 bits per heavy atom. The molecule has 0 aliphatic carbocycles. The second kappa shape index (κ2) is 17.7. The maximum Gasteiger partial charge on any atom is 0.404 e. The van der Waals surface area contributed by atoms with E-state index >= 15 is 8.78 Å². The summed E-state index contributed by atoms with van der Waals surface area (Å²) in [7, 11) is -1.49. The Morgan fingerprint density at radius 3 is 2.15 bits per heavy atom. The van der Waals surface area contributed by atoms with E-state index in [1.165, 1.54) is 38.1 Å². The molecule has 2 aromatic rings. The molecule has 13 heteroatoms. The lowest BCUT2D eigenvalue weighted by atomic mass is 10.0. The molecule has 0 unspecified atom stereocenters. The van der Waals surface area contributed by atoms with E-state index in [9.17, 15) is 14.2 Å². The summed E-state index contributed by atoms with van der Waals surface area (Å²) in [6, 6.07) is 4.73. The van der Waals surface area contributed by atoms with Gasteiger partial charge in [-0.05, 0) is 69.0 Å².